The van der Waals surface area contributed by atoms with Crippen LogP contribution < -0.4 is 21.6 Å². The van der Waals surface area contributed by atoms with Crippen molar-refractivity contribution < 1.29 is 18.7 Å². The van der Waals surface area contributed by atoms with Crippen molar-refractivity contribution in [1.82, 2.24) is 5.32 Å². The van der Waals surface area contributed by atoms with Crippen LogP contribution in [0.25, 0.3) is 12.2 Å². The third-order valence-corrected chi connectivity index (χ3v) is 3.95. The van der Waals surface area contributed by atoms with Crippen LogP contribution >= 0.6 is 0 Å². The fourth-order valence-corrected chi connectivity index (χ4v) is 2.78. The number of nitrogens with one attached hydrogen (secondary N) is 1. The van der Waals surface area contributed by atoms with Crippen LogP contribution in [0.5, 0.6) is 0 Å². The maximum atomic E-state index is 12.6. The number of aryl methyl sites for hydroxylation is 1. The molecule has 0 aromatic carbocycles. The highest BCUT2D eigenvalue weighted by atomic mass is 16.5. The molecule has 0 saturated carbocycles. The van der Waals surface area contributed by atoms with E-state index in [2.05, 4.69) is 5.32 Å². The van der Waals surface area contributed by atoms with Gasteiger partial charge in [-0.05, 0) is 31.9 Å². The molecule has 0 aliphatic heterocycles. The summed E-state index contributed by atoms with van der Waals surface area (Å²) in [6.07, 6.45) is 4.40. The Morgan fingerprint density at radius 1 is 1.39 bits per heavy atom. The molecule has 1 heterocycles. The number of carbonyl (C=O) groups is 1. The maximum Gasteiger partial charge on any atom is 0.336 e. The minimum absolute atomic E-state index is 0.158. The first-order chi connectivity index (χ1) is 10.9. The summed E-state index contributed by atoms with van der Waals surface area (Å²) in [5.74, 6) is -0.158. The minimum atomic E-state index is -0.773. The minimum Gasteiger partial charge on any atom is -0.423 e. The average molecular weight is 321 g/mol. The zero-order valence-corrected chi connectivity index (χ0v) is 14.0. The van der Waals surface area contributed by atoms with E-state index in [0.717, 1.165) is 10.8 Å². The van der Waals surface area contributed by atoms with E-state index in [4.69, 9.17) is 13.9 Å². The molecule has 0 fully saturated rings. The Kier molecular flexibility index (Phi) is 5.38. The van der Waals surface area contributed by atoms with Crippen LogP contribution in [0.15, 0.2) is 15.3 Å². The highest BCUT2D eigenvalue weighted by Gasteiger charge is 2.34. The van der Waals surface area contributed by atoms with E-state index in [1.54, 1.807) is 27.2 Å². The lowest BCUT2D eigenvalue weighted by Gasteiger charge is -2.28. The highest BCUT2D eigenvalue weighted by molar-refractivity contribution is 5.83. The number of hydrogen-bond acceptors (Lipinski definition) is 5. The standard InChI is InChI=1S/C17H23NO5/c1-11-7-15(19)23-14-8-12(5-6-13(11)14)18-16(20)17(2,9-21-3)10-22-4/h6-8,12H,5,9-10H2,1-4H3,(H,18,20). The Hall–Kier alpha value is -1.92. The van der Waals surface area contributed by atoms with Gasteiger partial charge in [-0.3, -0.25) is 4.79 Å². The average Bonchev–Trinajstić information content (AvgIpc) is 2.47. The lowest BCUT2D eigenvalue weighted by molar-refractivity contribution is -0.137. The van der Waals surface area contributed by atoms with E-state index in [1.807, 2.05) is 13.0 Å². The van der Waals surface area contributed by atoms with Crippen molar-refractivity contribution in [2.24, 2.45) is 5.41 Å². The number of rotatable bonds is 6. The monoisotopic (exact) mass is 321 g/mol. The second-order valence-corrected chi connectivity index (χ2v) is 6.14. The van der Waals surface area contributed by atoms with Crippen LogP contribution in [0.4, 0.5) is 0 Å². The molecule has 6 heteroatoms. The van der Waals surface area contributed by atoms with Gasteiger partial charge < -0.3 is 19.2 Å². The fraction of sp³-hybridized carbons (Fsp3) is 0.529. The van der Waals surface area contributed by atoms with Crippen molar-refractivity contribution in [3.63, 3.8) is 0 Å². The van der Waals surface area contributed by atoms with Gasteiger partial charge in [-0.2, -0.15) is 0 Å². The quantitative estimate of drug-likeness (QED) is 0.778. The predicted molar refractivity (Wildman–Crippen MR) is 86.3 cm³/mol. The Bertz CT molecular complexity index is 743. The lowest BCUT2D eigenvalue weighted by Crippen LogP contribution is -2.49. The molecular formula is C17H23NO5. The molecule has 23 heavy (non-hydrogen) atoms. The molecule has 126 valence electrons. The first-order valence-electron chi connectivity index (χ1n) is 7.51. The summed E-state index contributed by atoms with van der Waals surface area (Å²) in [6, 6.07) is 1.24. The Morgan fingerprint density at radius 3 is 2.65 bits per heavy atom. The number of hydrogen-bond donors (Lipinski definition) is 1. The van der Waals surface area contributed by atoms with Crippen molar-refractivity contribution in [3.8, 4) is 0 Å². The molecule has 0 bridgehead atoms. The molecular weight excluding hydrogens is 298 g/mol. The van der Waals surface area contributed by atoms with Crippen LogP contribution in [-0.2, 0) is 14.3 Å². The van der Waals surface area contributed by atoms with E-state index in [1.165, 1.54) is 6.07 Å². The van der Waals surface area contributed by atoms with Crippen LogP contribution in [0.2, 0.25) is 0 Å². The van der Waals surface area contributed by atoms with Crippen molar-refractivity contribution >= 4 is 18.1 Å². The van der Waals surface area contributed by atoms with Gasteiger partial charge in [0.15, 0.2) is 0 Å². The van der Waals surface area contributed by atoms with Crippen LogP contribution in [-0.4, -0.2) is 39.4 Å². The van der Waals surface area contributed by atoms with Gasteiger partial charge in [0.1, 0.15) is 5.42 Å². The highest BCUT2D eigenvalue weighted by Crippen LogP contribution is 2.18. The molecule has 1 aromatic rings. The molecule has 1 N–H and O–H groups in total. The van der Waals surface area contributed by atoms with Crippen LogP contribution in [0, 0.1) is 12.3 Å². The van der Waals surface area contributed by atoms with E-state index in [-0.39, 0.29) is 30.8 Å². The van der Waals surface area contributed by atoms with Gasteiger partial charge in [-0.15, -0.1) is 0 Å². The Labute approximate surface area is 134 Å². The molecule has 0 radical (unpaired) electrons. The summed E-state index contributed by atoms with van der Waals surface area (Å²) in [6.45, 7) is 4.18. The summed E-state index contributed by atoms with van der Waals surface area (Å²) in [4.78, 5) is 24.1. The first-order valence-corrected chi connectivity index (χ1v) is 7.51. The number of methoxy groups -OCH3 is 2. The number of ether oxygens (including phenoxy) is 2. The Morgan fingerprint density at radius 2 is 2.04 bits per heavy atom. The molecule has 1 aromatic heterocycles. The topological polar surface area (TPSA) is 77.8 Å². The molecule has 1 atom stereocenters. The van der Waals surface area contributed by atoms with Gasteiger partial charge in [0.25, 0.3) is 0 Å². The van der Waals surface area contributed by atoms with E-state index in [0.29, 0.717) is 11.8 Å². The third kappa shape index (κ3) is 3.89. The van der Waals surface area contributed by atoms with E-state index >= 15 is 0 Å². The predicted octanol–water partition coefficient (Wildman–Crippen LogP) is -0.303. The molecule has 1 aliphatic rings. The summed E-state index contributed by atoms with van der Waals surface area (Å²) in [7, 11) is 3.10. The zero-order chi connectivity index (χ0) is 17.0. The molecule has 0 spiro atoms. The number of amides is 1. The van der Waals surface area contributed by atoms with Crippen molar-refractivity contribution in [1.29, 1.82) is 0 Å². The summed E-state index contributed by atoms with van der Waals surface area (Å²) in [5.41, 5.74) is 0.222. The van der Waals surface area contributed by atoms with Gasteiger partial charge in [0.05, 0.1) is 24.7 Å². The normalized spacial score (nSPS) is 17.0. The first kappa shape index (κ1) is 17.4. The van der Waals surface area contributed by atoms with Crippen molar-refractivity contribution in [2.45, 2.75) is 26.3 Å². The molecule has 1 aliphatic carbocycles. The van der Waals surface area contributed by atoms with Gasteiger partial charge in [-0.1, -0.05) is 6.08 Å². The van der Waals surface area contributed by atoms with Gasteiger partial charge in [0.2, 0.25) is 5.91 Å². The zero-order valence-electron chi connectivity index (χ0n) is 14.0. The van der Waals surface area contributed by atoms with Crippen LogP contribution in [0.1, 0.15) is 18.9 Å². The maximum absolute atomic E-state index is 12.6. The summed E-state index contributed by atoms with van der Waals surface area (Å²) < 4.78 is 15.5. The molecule has 1 unspecified atom stereocenters. The SMILES string of the molecule is COCC(C)(COC)C(=O)NC1C=c2oc(=O)cc(C)c2=CC1. The number of carbonyl (C=O) groups excluding carboxylic acids is 1. The van der Waals surface area contributed by atoms with Gasteiger partial charge >= 0.3 is 5.63 Å². The molecule has 2 rings (SSSR count). The number of fused-ring (bicyclic) bond motifs is 1. The second kappa shape index (κ2) is 7.10. The molecule has 1 amide bonds. The largest absolute Gasteiger partial charge is 0.423 e. The van der Waals surface area contributed by atoms with Crippen molar-refractivity contribution in [3.05, 3.63) is 32.7 Å². The second-order valence-electron chi connectivity index (χ2n) is 6.14. The van der Waals surface area contributed by atoms with E-state index in [9.17, 15) is 9.59 Å². The van der Waals surface area contributed by atoms with Gasteiger partial charge in [0, 0.05) is 25.5 Å². The Balaban J connectivity index is 2.23. The summed E-state index contributed by atoms with van der Waals surface area (Å²) in [5, 5.41) is 3.87. The summed E-state index contributed by atoms with van der Waals surface area (Å²) >= 11 is 0. The fourth-order valence-electron chi connectivity index (χ4n) is 2.78. The van der Waals surface area contributed by atoms with Crippen LogP contribution in [0.3, 0.4) is 0 Å². The lowest BCUT2D eigenvalue weighted by atomic mass is 9.90. The van der Waals surface area contributed by atoms with Crippen molar-refractivity contribution in [2.75, 3.05) is 27.4 Å². The third-order valence-electron chi connectivity index (χ3n) is 3.95. The molecule has 6 nitrogen and oxygen atoms in total. The smallest absolute Gasteiger partial charge is 0.336 e. The van der Waals surface area contributed by atoms with Gasteiger partial charge in [-0.25, -0.2) is 4.79 Å². The molecule has 0 saturated heterocycles. The van der Waals surface area contributed by atoms with E-state index < -0.39 is 5.41 Å².